The summed E-state index contributed by atoms with van der Waals surface area (Å²) in [7, 11) is 0. The number of rotatable bonds is 12. The molecule has 0 bridgehead atoms. The monoisotopic (exact) mass is 357 g/mol. The van der Waals surface area contributed by atoms with E-state index in [1.54, 1.807) is 6.92 Å². The van der Waals surface area contributed by atoms with Crippen molar-refractivity contribution in [3.05, 3.63) is 25.3 Å². The summed E-state index contributed by atoms with van der Waals surface area (Å²) in [6.45, 7) is 8.07. The van der Waals surface area contributed by atoms with Crippen LogP contribution in [0.4, 0.5) is 4.79 Å². The Bertz CT molecular complexity index is 489. The van der Waals surface area contributed by atoms with Crippen molar-refractivity contribution in [2.24, 2.45) is 0 Å². The molecule has 0 aromatic heterocycles. The second-order valence-electron chi connectivity index (χ2n) is 4.67. The van der Waals surface area contributed by atoms with E-state index in [9.17, 15) is 19.2 Å². The van der Waals surface area contributed by atoms with Gasteiger partial charge in [-0.15, -0.1) is 0 Å². The molecule has 9 nitrogen and oxygen atoms in total. The van der Waals surface area contributed by atoms with Gasteiger partial charge in [0, 0.05) is 18.6 Å². The van der Waals surface area contributed by atoms with E-state index >= 15 is 0 Å². The average molecular weight is 357 g/mol. The molecular weight excluding hydrogens is 334 g/mol. The van der Waals surface area contributed by atoms with Crippen LogP contribution in [0.15, 0.2) is 25.3 Å². The van der Waals surface area contributed by atoms with Crippen molar-refractivity contribution < 1.29 is 38.1 Å². The smallest absolute Gasteiger partial charge is 0.407 e. The van der Waals surface area contributed by atoms with Gasteiger partial charge in [0.15, 0.2) is 0 Å². The summed E-state index contributed by atoms with van der Waals surface area (Å²) in [5.41, 5.74) is 0. The first-order valence-electron chi connectivity index (χ1n) is 7.57. The Hall–Kier alpha value is -2.84. The largest absolute Gasteiger partial charge is 0.463 e. The third-order valence-corrected chi connectivity index (χ3v) is 2.51. The number of nitrogens with one attached hydrogen (secondary N) is 1. The van der Waals surface area contributed by atoms with Gasteiger partial charge in [0.2, 0.25) is 0 Å². The van der Waals surface area contributed by atoms with Crippen LogP contribution in [-0.4, -0.2) is 56.5 Å². The lowest BCUT2D eigenvalue weighted by molar-refractivity contribution is -0.148. The average Bonchev–Trinajstić information content (AvgIpc) is 2.59. The minimum Gasteiger partial charge on any atom is -0.463 e. The Labute approximate surface area is 145 Å². The van der Waals surface area contributed by atoms with Gasteiger partial charge in [-0.2, -0.15) is 0 Å². The topological polar surface area (TPSA) is 117 Å². The van der Waals surface area contributed by atoms with Crippen molar-refractivity contribution in [1.82, 2.24) is 5.32 Å². The number of hydrogen-bond acceptors (Lipinski definition) is 8. The molecule has 1 unspecified atom stereocenters. The maximum Gasteiger partial charge on any atom is 0.407 e. The maximum absolute atomic E-state index is 11.5. The highest BCUT2D eigenvalue weighted by Gasteiger charge is 2.12. The first kappa shape index (κ1) is 22.2. The quantitative estimate of drug-likeness (QED) is 0.237. The van der Waals surface area contributed by atoms with Crippen molar-refractivity contribution in [2.75, 3.05) is 26.4 Å². The van der Waals surface area contributed by atoms with Gasteiger partial charge in [0.1, 0.15) is 19.3 Å². The summed E-state index contributed by atoms with van der Waals surface area (Å²) in [5.74, 6) is -1.64. The van der Waals surface area contributed by atoms with E-state index in [1.807, 2.05) is 0 Å². The fourth-order valence-electron chi connectivity index (χ4n) is 1.35. The van der Waals surface area contributed by atoms with Crippen molar-refractivity contribution in [3.8, 4) is 0 Å². The van der Waals surface area contributed by atoms with E-state index in [4.69, 9.17) is 14.2 Å². The standard InChI is InChI=1S/C16H23NO8/c1-4-13(18)22-9-6-7-15(20)24-11-12(3)25-16(21)17-8-10-23-14(19)5-2/h4-5,12H,1-2,6-11H2,3H3,(H,17,21). The lowest BCUT2D eigenvalue weighted by Crippen LogP contribution is -2.32. The highest BCUT2D eigenvalue weighted by atomic mass is 16.6. The molecule has 0 aliphatic rings. The molecule has 0 saturated heterocycles. The fourth-order valence-corrected chi connectivity index (χ4v) is 1.35. The first-order valence-corrected chi connectivity index (χ1v) is 7.57. The van der Waals surface area contributed by atoms with Crippen molar-refractivity contribution in [1.29, 1.82) is 0 Å². The number of carbonyl (C=O) groups excluding carboxylic acids is 4. The molecule has 0 heterocycles. The summed E-state index contributed by atoms with van der Waals surface area (Å²) >= 11 is 0. The molecule has 0 saturated carbocycles. The van der Waals surface area contributed by atoms with Gasteiger partial charge in [-0.25, -0.2) is 14.4 Å². The first-order chi connectivity index (χ1) is 11.9. The molecule has 0 aliphatic heterocycles. The van der Waals surface area contributed by atoms with Gasteiger partial charge in [-0.05, 0) is 13.3 Å². The normalized spacial score (nSPS) is 10.8. The second kappa shape index (κ2) is 13.6. The second-order valence-corrected chi connectivity index (χ2v) is 4.67. The molecular formula is C16H23NO8. The van der Waals surface area contributed by atoms with Crippen LogP contribution in [0.1, 0.15) is 19.8 Å². The number of hydrogen-bond donors (Lipinski definition) is 1. The van der Waals surface area contributed by atoms with Crippen LogP contribution in [0.5, 0.6) is 0 Å². The van der Waals surface area contributed by atoms with Gasteiger partial charge in [0.05, 0.1) is 13.2 Å². The van der Waals surface area contributed by atoms with Gasteiger partial charge in [-0.3, -0.25) is 4.79 Å². The number of alkyl carbamates (subject to hydrolysis) is 1. The minimum atomic E-state index is -0.727. The van der Waals surface area contributed by atoms with Crippen LogP contribution in [0, 0.1) is 0 Å². The molecule has 0 radical (unpaired) electrons. The molecule has 1 N–H and O–H groups in total. The summed E-state index contributed by atoms with van der Waals surface area (Å²) in [6, 6.07) is 0. The highest BCUT2D eigenvalue weighted by Crippen LogP contribution is 1.98. The molecule has 1 atom stereocenters. The SMILES string of the molecule is C=CC(=O)OCCCC(=O)OCC(C)OC(=O)NCCOC(=O)C=C. The number of amides is 1. The third-order valence-electron chi connectivity index (χ3n) is 2.51. The molecule has 25 heavy (non-hydrogen) atoms. The highest BCUT2D eigenvalue weighted by molar-refractivity contribution is 5.81. The molecule has 0 rings (SSSR count). The number of ether oxygens (including phenoxy) is 4. The molecule has 1 amide bonds. The zero-order chi connectivity index (χ0) is 19.1. The van der Waals surface area contributed by atoms with Crippen LogP contribution < -0.4 is 5.32 Å². The molecule has 9 heteroatoms. The molecule has 0 spiro atoms. The van der Waals surface area contributed by atoms with Gasteiger partial charge >= 0.3 is 24.0 Å². The minimum absolute atomic E-state index is 0.0141. The van der Waals surface area contributed by atoms with Crippen LogP contribution in [0.2, 0.25) is 0 Å². The summed E-state index contributed by atoms with van der Waals surface area (Å²) in [4.78, 5) is 44.4. The molecule has 140 valence electrons. The molecule has 0 aliphatic carbocycles. The summed E-state index contributed by atoms with van der Waals surface area (Å²) in [5, 5.41) is 2.37. The van der Waals surface area contributed by atoms with Crippen molar-refractivity contribution in [3.63, 3.8) is 0 Å². The molecule has 0 fully saturated rings. The predicted octanol–water partition coefficient (Wildman–Crippen LogP) is 0.883. The Morgan fingerprint density at radius 2 is 1.60 bits per heavy atom. The van der Waals surface area contributed by atoms with Gasteiger partial charge in [0.25, 0.3) is 0 Å². The zero-order valence-corrected chi connectivity index (χ0v) is 14.2. The van der Waals surface area contributed by atoms with E-state index in [1.165, 1.54) is 0 Å². The predicted molar refractivity (Wildman–Crippen MR) is 86.5 cm³/mol. The van der Waals surface area contributed by atoms with Crippen LogP contribution in [0.25, 0.3) is 0 Å². The van der Waals surface area contributed by atoms with E-state index in [-0.39, 0.29) is 32.8 Å². The number of carbonyl (C=O) groups is 4. The third kappa shape index (κ3) is 13.3. The number of esters is 3. The maximum atomic E-state index is 11.5. The van der Waals surface area contributed by atoms with E-state index in [0.29, 0.717) is 6.42 Å². The Balaban J connectivity index is 3.71. The molecule has 0 aromatic rings. The summed E-state index contributed by atoms with van der Waals surface area (Å²) in [6.07, 6.45) is 1.05. The van der Waals surface area contributed by atoms with Crippen LogP contribution in [-0.2, 0) is 33.3 Å². The van der Waals surface area contributed by atoms with Crippen LogP contribution in [0.3, 0.4) is 0 Å². The summed E-state index contributed by atoms with van der Waals surface area (Å²) < 4.78 is 19.2. The van der Waals surface area contributed by atoms with Crippen molar-refractivity contribution >= 4 is 24.0 Å². The lowest BCUT2D eigenvalue weighted by atomic mass is 10.3. The van der Waals surface area contributed by atoms with Gasteiger partial charge in [-0.1, -0.05) is 13.2 Å². The Morgan fingerprint density at radius 1 is 1.00 bits per heavy atom. The lowest BCUT2D eigenvalue weighted by Gasteiger charge is -2.14. The fraction of sp³-hybridized carbons (Fsp3) is 0.500. The zero-order valence-electron chi connectivity index (χ0n) is 14.2. The Kier molecular flexibility index (Phi) is 12.0. The van der Waals surface area contributed by atoms with E-state index in [2.05, 4.69) is 23.2 Å². The molecule has 0 aromatic carbocycles. The van der Waals surface area contributed by atoms with E-state index in [0.717, 1.165) is 12.2 Å². The van der Waals surface area contributed by atoms with Crippen molar-refractivity contribution in [2.45, 2.75) is 25.9 Å². The van der Waals surface area contributed by atoms with E-state index < -0.39 is 30.1 Å². The van der Waals surface area contributed by atoms with Crippen LogP contribution >= 0.6 is 0 Å². The Morgan fingerprint density at radius 3 is 2.20 bits per heavy atom. The van der Waals surface area contributed by atoms with Gasteiger partial charge < -0.3 is 24.3 Å².